The Morgan fingerprint density at radius 2 is 1.58 bits per heavy atom. The van der Waals surface area contributed by atoms with Crippen molar-refractivity contribution in [1.29, 1.82) is 0 Å². The standard InChI is InChI=1S/C32H48O4/c1-20(33)36-25-12-13-29(6)23(28(25,4)5)11-14-31(8)24(29)10-9-21-22-19-27(2,3)15-17-32(22,26(34)35)18-16-30(21,31)7/h9-10,23-25H,11-19H2,1-8H3,(H,34,35)/t23-,24+,25+,29-,30+,31+,32-/m0/s1. The molecule has 0 radical (unpaired) electrons. The minimum atomic E-state index is -0.677. The third kappa shape index (κ3) is 3.24. The first-order valence-electron chi connectivity index (χ1n) is 14.4. The zero-order valence-corrected chi connectivity index (χ0v) is 23.9. The molecule has 0 saturated heterocycles. The lowest BCUT2D eigenvalue weighted by atomic mass is 9.35. The number of rotatable bonds is 2. The maximum absolute atomic E-state index is 12.8. The summed E-state index contributed by atoms with van der Waals surface area (Å²) in [4.78, 5) is 24.7. The molecule has 5 aliphatic carbocycles. The molecule has 200 valence electrons. The van der Waals surface area contributed by atoms with Crippen molar-refractivity contribution in [3.8, 4) is 0 Å². The average molecular weight is 497 g/mol. The van der Waals surface area contributed by atoms with Gasteiger partial charge in [-0.3, -0.25) is 9.59 Å². The highest BCUT2D eigenvalue weighted by Gasteiger charge is 2.67. The second-order valence-corrected chi connectivity index (χ2v) is 15.3. The molecule has 5 aliphatic rings. The zero-order valence-electron chi connectivity index (χ0n) is 23.9. The maximum atomic E-state index is 12.8. The van der Waals surface area contributed by atoms with Crippen LogP contribution in [-0.2, 0) is 14.3 Å². The van der Waals surface area contributed by atoms with Gasteiger partial charge in [-0.1, -0.05) is 60.6 Å². The van der Waals surface area contributed by atoms with Crippen molar-refractivity contribution in [2.75, 3.05) is 0 Å². The highest BCUT2D eigenvalue weighted by atomic mass is 16.5. The molecular formula is C32H48O4. The van der Waals surface area contributed by atoms with Crippen molar-refractivity contribution >= 4 is 11.9 Å². The molecule has 0 aromatic heterocycles. The second-order valence-electron chi connectivity index (χ2n) is 15.3. The van der Waals surface area contributed by atoms with E-state index in [2.05, 4.69) is 60.6 Å². The van der Waals surface area contributed by atoms with Gasteiger partial charge in [0.05, 0.1) is 5.41 Å². The highest BCUT2D eigenvalue weighted by molar-refractivity contribution is 5.80. The third-order valence-corrected chi connectivity index (χ3v) is 12.7. The highest BCUT2D eigenvalue weighted by Crippen LogP contribution is 2.74. The van der Waals surface area contributed by atoms with Gasteiger partial charge in [0.15, 0.2) is 0 Å². The van der Waals surface area contributed by atoms with Gasteiger partial charge in [0.1, 0.15) is 6.10 Å². The number of allylic oxidation sites excluding steroid dienone is 3. The topological polar surface area (TPSA) is 63.6 Å². The van der Waals surface area contributed by atoms with E-state index in [0.717, 1.165) is 57.8 Å². The van der Waals surface area contributed by atoms with E-state index in [1.165, 1.54) is 18.1 Å². The second kappa shape index (κ2) is 7.73. The van der Waals surface area contributed by atoms with Crippen LogP contribution < -0.4 is 0 Å². The molecule has 0 aromatic rings. The van der Waals surface area contributed by atoms with Gasteiger partial charge in [-0.2, -0.15) is 0 Å². The van der Waals surface area contributed by atoms with Crippen LogP contribution in [0, 0.1) is 44.3 Å². The average Bonchev–Trinajstić information content (AvgIpc) is 2.75. The first kappa shape index (κ1) is 26.0. The van der Waals surface area contributed by atoms with E-state index in [1.54, 1.807) is 0 Å². The summed E-state index contributed by atoms with van der Waals surface area (Å²) in [6, 6.07) is 0. The molecule has 0 bridgehead atoms. The van der Waals surface area contributed by atoms with Crippen molar-refractivity contribution < 1.29 is 19.4 Å². The van der Waals surface area contributed by atoms with Crippen molar-refractivity contribution in [2.45, 2.75) is 119 Å². The number of carbonyl (C=O) groups excluding carboxylic acids is 1. The molecule has 36 heavy (non-hydrogen) atoms. The number of carboxylic acids is 1. The molecule has 0 aromatic carbocycles. The van der Waals surface area contributed by atoms with Crippen LogP contribution in [0.3, 0.4) is 0 Å². The number of ether oxygens (including phenoxy) is 1. The zero-order chi connectivity index (χ0) is 26.5. The van der Waals surface area contributed by atoms with Gasteiger partial charge < -0.3 is 9.84 Å². The summed E-state index contributed by atoms with van der Waals surface area (Å²) >= 11 is 0. The predicted molar refractivity (Wildman–Crippen MR) is 142 cm³/mol. The minimum absolute atomic E-state index is 0.0149. The van der Waals surface area contributed by atoms with Crippen molar-refractivity contribution in [3.63, 3.8) is 0 Å². The van der Waals surface area contributed by atoms with E-state index in [-0.39, 0.29) is 39.1 Å². The smallest absolute Gasteiger partial charge is 0.313 e. The fourth-order valence-corrected chi connectivity index (χ4v) is 10.3. The van der Waals surface area contributed by atoms with Crippen LogP contribution in [-0.4, -0.2) is 23.1 Å². The molecule has 3 fully saturated rings. The first-order valence-corrected chi connectivity index (χ1v) is 14.4. The third-order valence-electron chi connectivity index (χ3n) is 12.7. The molecule has 0 amide bonds. The fourth-order valence-electron chi connectivity index (χ4n) is 10.3. The van der Waals surface area contributed by atoms with Crippen LogP contribution >= 0.6 is 0 Å². The number of aliphatic carboxylic acids is 1. The number of hydrogen-bond donors (Lipinski definition) is 1. The van der Waals surface area contributed by atoms with Crippen LogP contribution in [0.4, 0.5) is 0 Å². The largest absolute Gasteiger partial charge is 0.481 e. The number of carboxylic acid groups (broad SMARTS) is 1. The molecule has 0 unspecified atom stereocenters. The summed E-state index contributed by atoms with van der Waals surface area (Å²) in [5, 5.41) is 10.5. The van der Waals surface area contributed by atoms with Crippen molar-refractivity contribution in [2.24, 2.45) is 44.3 Å². The summed E-state index contributed by atoms with van der Waals surface area (Å²) in [6.07, 6.45) is 13.5. The normalized spacial score (nSPS) is 46.6. The van der Waals surface area contributed by atoms with Gasteiger partial charge in [0, 0.05) is 12.3 Å². The lowest BCUT2D eigenvalue weighted by molar-refractivity contribution is -0.198. The van der Waals surface area contributed by atoms with Crippen LogP contribution in [0.1, 0.15) is 113 Å². The molecule has 7 atom stereocenters. The Kier molecular flexibility index (Phi) is 5.59. The van der Waals surface area contributed by atoms with Gasteiger partial charge in [0.2, 0.25) is 0 Å². The van der Waals surface area contributed by atoms with Gasteiger partial charge in [-0.25, -0.2) is 0 Å². The SMILES string of the molecule is CC(=O)O[C@@H]1CC[C@]2(C)[C@H]3C=CC4=C5CC(C)(C)CC[C@]5(C(=O)O)CC[C@@]4(C)[C@]3(C)CC[C@H]2C1(C)C. The monoisotopic (exact) mass is 496 g/mol. The molecule has 1 N–H and O–H groups in total. The minimum Gasteiger partial charge on any atom is -0.481 e. The van der Waals surface area contributed by atoms with E-state index in [0.29, 0.717) is 11.8 Å². The lowest BCUT2D eigenvalue weighted by Crippen LogP contribution is -2.63. The maximum Gasteiger partial charge on any atom is 0.313 e. The van der Waals surface area contributed by atoms with E-state index in [4.69, 9.17) is 4.74 Å². The van der Waals surface area contributed by atoms with Crippen molar-refractivity contribution in [3.05, 3.63) is 23.3 Å². The lowest BCUT2D eigenvalue weighted by Gasteiger charge is -2.69. The van der Waals surface area contributed by atoms with Gasteiger partial charge in [0.25, 0.3) is 0 Å². The Labute approximate surface area is 218 Å². The molecule has 4 heteroatoms. The van der Waals surface area contributed by atoms with E-state index < -0.39 is 11.4 Å². The summed E-state index contributed by atoms with van der Waals surface area (Å²) in [7, 11) is 0. The molecule has 0 aliphatic heterocycles. The van der Waals surface area contributed by atoms with Gasteiger partial charge in [-0.15, -0.1) is 0 Å². The van der Waals surface area contributed by atoms with E-state index >= 15 is 0 Å². The summed E-state index contributed by atoms with van der Waals surface area (Å²) in [5.41, 5.74) is 2.21. The molecular weight excluding hydrogens is 448 g/mol. The summed E-state index contributed by atoms with van der Waals surface area (Å²) < 4.78 is 5.86. The molecule has 0 heterocycles. The first-order chi connectivity index (χ1) is 16.5. The van der Waals surface area contributed by atoms with Gasteiger partial charge in [-0.05, 0) is 102 Å². The van der Waals surface area contributed by atoms with Crippen LogP contribution in [0.2, 0.25) is 0 Å². The van der Waals surface area contributed by atoms with E-state index in [1.807, 2.05) is 0 Å². The quantitative estimate of drug-likeness (QED) is 0.397. The summed E-state index contributed by atoms with van der Waals surface area (Å²) in [5.74, 6) is 0.145. The van der Waals surface area contributed by atoms with Crippen molar-refractivity contribution in [1.82, 2.24) is 0 Å². The Balaban J connectivity index is 1.62. The molecule has 5 rings (SSSR count). The Bertz CT molecular complexity index is 1050. The van der Waals surface area contributed by atoms with E-state index in [9.17, 15) is 14.7 Å². The Hall–Kier alpha value is -1.58. The molecule has 3 saturated carbocycles. The Morgan fingerprint density at radius 1 is 0.917 bits per heavy atom. The molecule has 0 spiro atoms. The van der Waals surface area contributed by atoms with Crippen LogP contribution in [0.15, 0.2) is 23.3 Å². The Morgan fingerprint density at radius 3 is 2.22 bits per heavy atom. The fraction of sp³-hybridized carbons (Fsp3) is 0.812. The predicted octanol–water partition coefficient (Wildman–Crippen LogP) is 7.72. The number of carbonyl (C=O) groups is 2. The summed E-state index contributed by atoms with van der Waals surface area (Å²) in [6.45, 7) is 18.3. The van der Waals surface area contributed by atoms with Crippen LogP contribution in [0.5, 0.6) is 0 Å². The van der Waals surface area contributed by atoms with Crippen LogP contribution in [0.25, 0.3) is 0 Å². The number of hydrogen-bond acceptors (Lipinski definition) is 3. The molecule has 4 nitrogen and oxygen atoms in total. The number of esters is 1. The van der Waals surface area contributed by atoms with Gasteiger partial charge >= 0.3 is 11.9 Å². The number of fused-ring (bicyclic) bond motifs is 6.